The Bertz CT molecular complexity index is 1180. The summed E-state index contributed by atoms with van der Waals surface area (Å²) in [5.41, 5.74) is 5.41. The lowest BCUT2D eigenvalue weighted by molar-refractivity contribution is -0.113. The molecule has 1 amide bonds. The smallest absolute Gasteiger partial charge is 0.234 e. The minimum Gasteiger partial charge on any atom is -0.335 e. The number of aromatic amines is 1. The number of carbonyl (C=O) groups is 1. The molecule has 0 saturated carbocycles. The predicted molar refractivity (Wildman–Crippen MR) is 118 cm³/mol. The van der Waals surface area contributed by atoms with E-state index in [1.54, 1.807) is 0 Å². The third-order valence-electron chi connectivity index (χ3n) is 4.58. The number of para-hydroxylation sites is 1. The summed E-state index contributed by atoms with van der Waals surface area (Å²) in [6, 6.07) is 17.6. The van der Waals surface area contributed by atoms with E-state index in [1.807, 2.05) is 68.4 Å². The van der Waals surface area contributed by atoms with Gasteiger partial charge in [0.1, 0.15) is 5.69 Å². The third-order valence-corrected chi connectivity index (χ3v) is 5.53. The molecule has 0 aliphatic heterocycles. The summed E-state index contributed by atoms with van der Waals surface area (Å²) >= 11 is 1.22. The Hall–Kier alpha value is -3.59. The van der Waals surface area contributed by atoms with Gasteiger partial charge in [0.15, 0.2) is 0 Å². The number of nitrogens with one attached hydrogen (secondary N) is 2. The zero-order valence-electron chi connectivity index (χ0n) is 16.6. The van der Waals surface area contributed by atoms with Gasteiger partial charge in [0.2, 0.25) is 16.9 Å². The van der Waals surface area contributed by atoms with Crippen LogP contribution in [0, 0.1) is 13.8 Å². The highest BCUT2D eigenvalue weighted by Gasteiger charge is 2.16. The van der Waals surface area contributed by atoms with Crippen molar-refractivity contribution in [1.29, 1.82) is 0 Å². The zero-order chi connectivity index (χ0) is 21.1. The second-order valence-electron chi connectivity index (χ2n) is 6.86. The van der Waals surface area contributed by atoms with Crippen molar-refractivity contribution in [3.05, 3.63) is 65.7 Å². The molecule has 4 aromatic rings. The Balaban J connectivity index is 1.43. The monoisotopic (exact) mass is 419 g/mol. The Morgan fingerprint density at radius 3 is 2.67 bits per heavy atom. The van der Waals surface area contributed by atoms with Gasteiger partial charge in [-0.2, -0.15) is 5.10 Å². The molecule has 0 atom stereocenters. The van der Waals surface area contributed by atoms with Gasteiger partial charge in [0.05, 0.1) is 11.4 Å². The zero-order valence-corrected chi connectivity index (χ0v) is 17.4. The van der Waals surface area contributed by atoms with Crippen molar-refractivity contribution < 1.29 is 4.79 Å². The Kier molecular flexibility index (Phi) is 5.53. The molecule has 0 unspecified atom stereocenters. The Morgan fingerprint density at radius 1 is 1.13 bits per heavy atom. The topological polar surface area (TPSA) is 115 Å². The van der Waals surface area contributed by atoms with Crippen LogP contribution >= 0.6 is 11.8 Å². The number of aryl methyl sites for hydroxylation is 2. The van der Waals surface area contributed by atoms with Gasteiger partial charge in [0, 0.05) is 11.3 Å². The molecule has 0 saturated heterocycles. The molecule has 0 radical (unpaired) electrons. The highest BCUT2D eigenvalue weighted by molar-refractivity contribution is 7.99. The maximum atomic E-state index is 12.3. The van der Waals surface area contributed by atoms with Crippen LogP contribution in [0.1, 0.15) is 11.1 Å². The summed E-state index contributed by atoms with van der Waals surface area (Å²) in [4.78, 5) is 12.3. The maximum absolute atomic E-state index is 12.3. The molecular formula is C21H21N7OS. The van der Waals surface area contributed by atoms with Gasteiger partial charge in [-0.3, -0.25) is 9.89 Å². The van der Waals surface area contributed by atoms with Crippen molar-refractivity contribution >= 4 is 23.4 Å². The van der Waals surface area contributed by atoms with E-state index in [0.29, 0.717) is 16.7 Å². The van der Waals surface area contributed by atoms with E-state index in [0.717, 1.165) is 22.5 Å². The van der Waals surface area contributed by atoms with Crippen molar-refractivity contribution in [3.63, 3.8) is 0 Å². The summed E-state index contributed by atoms with van der Waals surface area (Å²) in [6.07, 6.45) is 0. The fourth-order valence-corrected chi connectivity index (χ4v) is 3.55. The molecule has 30 heavy (non-hydrogen) atoms. The van der Waals surface area contributed by atoms with Crippen molar-refractivity contribution in [3.8, 4) is 22.8 Å². The molecule has 0 bridgehead atoms. The van der Waals surface area contributed by atoms with Crippen LogP contribution < -0.4 is 11.2 Å². The van der Waals surface area contributed by atoms with Gasteiger partial charge in [-0.25, -0.2) is 4.68 Å². The SMILES string of the molecule is Cc1ccc(-c2cc(-c3nnc(SCC(=O)Nc4ccccc4C)n3N)[nH]n2)cc1. The van der Waals surface area contributed by atoms with Crippen molar-refractivity contribution in [2.75, 3.05) is 16.9 Å². The molecule has 0 spiro atoms. The number of carbonyl (C=O) groups excluding carboxylic acids is 1. The number of rotatable bonds is 6. The molecular weight excluding hydrogens is 398 g/mol. The lowest BCUT2D eigenvalue weighted by Crippen LogP contribution is -2.17. The number of nitrogens with zero attached hydrogens (tertiary/aromatic N) is 4. The first kappa shape index (κ1) is 19.7. The van der Waals surface area contributed by atoms with Crippen molar-refractivity contribution in [1.82, 2.24) is 25.1 Å². The number of nitrogens with two attached hydrogens (primary N) is 1. The molecule has 0 aliphatic carbocycles. The van der Waals surface area contributed by atoms with Crippen LogP contribution in [0.2, 0.25) is 0 Å². The Labute approximate surface area is 177 Å². The van der Waals surface area contributed by atoms with Crippen molar-refractivity contribution in [2.24, 2.45) is 0 Å². The van der Waals surface area contributed by atoms with Gasteiger partial charge < -0.3 is 11.2 Å². The third kappa shape index (κ3) is 4.20. The highest BCUT2D eigenvalue weighted by atomic mass is 32.2. The highest BCUT2D eigenvalue weighted by Crippen LogP contribution is 2.25. The predicted octanol–water partition coefficient (Wildman–Crippen LogP) is 3.40. The molecule has 4 N–H and O–H groups in total. The molecule has 2 heterocycles. The van der Waals surface area contributed by atoms with Crippen molar-refractivity contribution in [2.45, 2.75) is 19.0 Å². The van der Waals surface area contributed by atoms with Gasteiger partial charge >= 0.3 is 0 Å². The number of aromatic nitrogens is 5. The van der Waals surface area contributed by atoms with Gasteiger partial charge in [-0.1, -0.05) is 59.8 Å². The first-order valence-corrected chi connectivity index (χ1v) is 10.3. The standard InChI is InChI=1S/C21H21N7OS/c1-13-7-9-15(10-8-13)17-11-18(25-24-17)20-26-27-21(28(20)22)30-12-19(29)23-16-6-4-3-5-14(16)2/h3-11H,12,22H2,1-2H3,(H,23,29)(H,24,25). The number of hydrogen-bond acceptors (Lipinski definition) is 6. The lowest BCUT2D eigenvalue weighted by atomic mass is 10.1. The fourth-order valence-electron chi connectivity index (χ4n) is 2.90. The molecule has 152 valence electrons. The first-order valence-electron chi connectivity index (χ1n) is 9.33. The summed E-state index contributed by atoms with van der Waals surface area (Å²) in [5.74, 6) is 6.64. The van der Waals surface area contributed by atoms with Crippen LogP contribution in [0.15, 0.2) is 59.8 Å². The van der Waals surface area contributed by atoms with E-state index >= 15 is 0 Å². The fraction of sp³-hybridized carbons (Fsp3) is 0.143. The molecule has 2 aromatic carbocycles. The molecule has 2 aromatic heterocycles. The van der Waals surface area contributed by atoms with Crippen LogP contribution in [0.3, 0.4) is 0 Å². The van der Waals surface area contributed by atoms with E-state index in [4.69, 9.17) is 5.84 Å². The Morgan fingerprint density at radius 2 is 1.90 bits per heavy atom. The van der Waals surface area contributed by atoms with Crippen LogP contribution in [-0.4, -0.2) is 36.7 Å². The van der Waals surface area contributed by atoms with Crippen LogP contribution in [0.25, 0.3) is 22.8 Å². The quantitative estimate of drug-likeness (QED) is 0.326. The number of amides is 1. The van der Waals surface area contributed by atoms with E-state index in [1.165, 1.54) is 22.0 Å². The molecule has 9 heteroatoms. The normalized spacial score (nSPS) is 10.9. The summed E-state index contributed by atoms with van der Waals surface area (Å²) in [6.45, 7) is 3.98. The van der Waals surface area contributed by atoms with E-state index < -0.39 is 0 Å². The maximum Gasteiger partial charge on any atom is 0.234 e. The van der Waals surface area contributed by atoms with E-state index in [9.17, 15) is 4.79 Å². The lowest BCUT2D eigenvalue weighted by Gasteiger charge is -2.07. The molecule has 8 nitrogen and oxygen atoms in total. The van der Waals surface area contributed by atoms with Gasteiger partial charge in [-0.15, -0.1) is 10.2 Å². The summed E-state index contributed by atoms with van der Waals surface area (Å²) in [7, 11) is 0. The number of nitrogen functional groups attached to an aromatic ring is 1. The number of hydrogen-bond donors (Lipinski definition) is 3. The number of anilines is 1. The van der Waals surface area contributed by atoms with Crippen LogP contribution in [0.5, 0.6) is 0 Å². The van der Waals surface area contributed by atoms with Crippen LogP contribution in [-0.2, 0) is 4.79 Å². The summed E-state index contributed by atoms with van der Waals surface area (Å²) in [5, 5.41) is 18.9. The van der Waals surface area contributed by atoms with Gasteiger partial charge in [0.25, 0.3) is 0 Å². The average Bonchev–Trinajstić information content (AvgIpc) is 3.35. The number of thioether (sulfide) groups is 1. The first-order chi connectivity index (χ1) is 14.5. The number of benzene rings is 2. The van der Waals surface area contributed by atoms with E-state index in [-0.39, 0.29) is 11.7 Å². The minimum absolute atomic E-state index is 0.137. The number of H-pyrrole nitrogens is 1. The minimum atomic E-state index is -0.137. The molecule has 4 rings (SSSR count). The van der Waals surface area contributed by atoms with Crippen LogP contribution in [0.4, 0.5) is 5.69 Å². The van der Waals surface area contributed by atoms with Gasteiger partial charge in [-0.05, 0) is 31.5 Å². The largest absolute Gasteiger partial charge is 0.335 e. The summed E-state index contributed by atoms with van der Waals surface area (Å²) < 4.78 is 1.36. The molecule has 0 fully saturated rings. The molecule has 0 aliphatic rings. The average molecular weight is 420 g/mol. The van der Waals surface area contributed by atoms with E-state index in [2.05, 4.69) is 25.7 Å². The second-order valence-corrected chi connectivity index (χ2v) is 7.80. The second kappa shape index (κ2) is 8.42.